The van der Waals surface area contributed by atoms with Gasteiger partial charge in [-0.05, 0) is 50.3 Å². The van der Waals surface area contributed by atoms with Gasteiger partial charge in [-0.3, -0.25) is 10.1 Å². The number of hydrogen-bond acceptors (Lipinski definition) is 4. The Kier molecular flexibility index (Phi) is 3.44. The Balaban J connectivity index is 1.78. The van der Waals surface area contributed by atoms with Gasteiger partial charge in [-0.2, -0.15) is 0 Å². The van der Waals surface area contributed by atoms with Crippen LogP contribution in [0.3, 0.4) is 0 Å². The number of anilines is 2. The van der Waals surface area contributed by atoms with Crippen LogP contribution in [0.4, 0.5) is 10.8 Å². The third-order valence-corrected chi connectivity index (χ3v) is 4.68. The summed E-state index contributed by atoms with van der Waals surface area (Å²) in [6.07, 6.45) is 4.52. The van der Waals surface area contributed by atoms with Crippen molar-refractivity contribution >= 4 is 28.1 Å². The molecule has 0 fully saturated rings. The Hall–Kier alpha value is -1.88. The fraction of sp³-hybridized carbons (Fsp3) is 0.333. The lowest BCUT2D eigenvalue weighted by atomic mass is 10.0. The van der Waals surface area contributed by atoms with Crippen molar-refractivity contribution in [3.05, 3.63) is 39.9 Å². The van der Waals surface area contributed by atoms with E-state index in [0.29, 0.717) is 16.4 Å². The van der Waals surface area contributed by atoms with Gasteiger partial charge in [0.05, 0.1) is 5.69 Å². The van der Waals surface area contributed by atoms with Crippen molar-refractivity contribution in [3.8, 4) is 0 Å². The second kappa shape index (κ2) is 5.25. The molecule has 1 aliphatic rings. The van der Waals surface area contributed by atoms with Gasteiger partial charge in [0.1, 0.15) is 0 Å². The van der Waals surface area contributed by atoms with Crippen molar-refractivity contribution in [1.29, 1.82) is 0 Å². The normalized spacial score (nSPS) is 13.8. The van der Waals surface area contributed by atoms with Crippen molar-refractivity contribution in [1.82, 2.24) is 4.98 Å². The molecule has 0 atom stereocenters. The Morgan fingerprint density at radius 1 is 1.35 bits per heavy atom. The molecule has 1 heterocycles. The minimum absolute atomic E-state index is 0.150. The second-order valence-corrected chi connectivity index (χ2v) is 6.21. The third-order valence-electron chi connectivity index (χ3n) is 3.61. The maximum Gasteiger partial charge on any atom is 0.257 e. The Morgan fingerprint density at radius 2 is 2.15 bits per heavy atom. The maximum absolute atomic E-state index is 12.2. The van der Waals surface area contributed by atoms with Crippen LogP contribution in [0.1, 0.15) is 39.3 Å². The van der Waals surface area contributed by atoms with Crippen molar-refractivity contribution in [2.24, 2.45) is 0 Å². The van der Waals surface area contributed by atoms with Gasteiger partial charge in [-0.15, -0.1) is 11.3 Å². The summed E-state index contributed by atoms with van der Waals surface area (Å²) in [7, 11) is 0. The molecule has 0 spiro atoms. The highest BCUT2D eigenvalue weighted by atomic mass is 32.1. The molecule has 0 saturated carbocycles. The first kappa shape index (κ1) is 13.1. The number of thiazole rings is 1. The fourth-order valence-corrected chi connectivity index (χ4v) is 3.40. The number of hydrogen-bond donors (Lipinski definition) is 2. The van der Waals surface area contributed by atoms with Gasteiger partial charge >= 0.3 is 0 Å². The predicted molar refractivity (Wildman–Crippen MR) is 82.3 cm³/mol. The minimum atomic E-state index is -0.150. The second-order valence-electron chi connectivity index (χ2n) is 5.12. The third kappa shape index (κ3) is 2.54. The molecular weight excluding hydrogens is 270 g/mol. The fourth-order valence-electron chi connectivity index (χ4n) is 2.36. The summed E-state index contributed by atoms with van der Waals surface area (Å²) in [6.45, 7) is 1.92. The number of nitrogens with zero attached hydrogens (tertiary/aromatic N) is 1. The Bertz CT molecular complexity index is 640. The number of nitrogen functional groups attached to an aromatic ring is 1. The summed E-state index contributed by atoms with van der Waals surface area (Å²) in [4.78, 5) is 18.0. The van der Waals surface area contributed by atoms with E-state index in [1.165, 1.54) is 17.7 Å². The lowest BCUT2D eigenvalue weighted by Gasteiger charge is -2.06. The van der Waals surface area contributed by atoms with Gasteiger partial charge in [0.15, 0.2) is 5.13 Å². The van der Waals surface area contributed by atoms with E-state index in [-0.39, 0.29) is 5.91 Å². The van der Waals surface area contributed by atoms with Crippen molar-refractivity contribution in [2.75, 3.05) is 11.1 Å². The van der Waals surface area contributed by atoms with E-state index < -0.39 is 0 Å². The van der Waals surface area contributed by atoms with Crippen LogP contribution < -0.4 is 11.1 Å². The topological polar surface area (TPSA) is 68.0 Å². The van der Waals surface area contributed by atoms with E-state index >= 15 is 0 Å². The van der Waals surface area contributed by atoms with Crippen LogP contribution in [-0.2, 0) is 12.8 Å². The SMILES string of the molecule is Cc1ccc(C(=O)Nc2nc3c(s2)CCCC3)cc1N. The van der Waals surface area contributed by atoms with Crippen molar-refractivity contribution in [3.63, 3.8) is 0 Å². The first-order valence-corrected chi connectivity index (χ1v) is 7.61. The van der Waals surface area contributed by atoms with Gasteiger partial charge in [0.25, 0.3) is 5.91 Å². The van der Waals surface area contributed by atoms with Crippen LogP contribution in [0, 0.1) is 6.92 Å². The predicted octanol–water partition coefficient (Wildman–Crippen LogP) is 3.16. The molecule has 104 valence electrons. The summed E-state index contributed by atoms with van der Waals surface area (Å²) in [5.41, 5.74) is 9.18. The van der Waals surface area contributed by atoms with E-state index in [0.717, 1.165) is 24.1 Å². The molecule has 1 aliphatic carbocycles. The molecule has 1 amide bonds. The van der Waals surface area contributed by atoms with E-state index in [2.05, 4.69) is 10.3 Å². The number of fused-ring (bicyclic) bond motifs is 1. The standard InChI is InChI=1S/C15H17N3OS/c1-9-6-7-10(8-11(9)16)14(19)18-15-17-12-4-2-3-5-13(12)20-15/h6-8H,2-5,16H2,1H3,(H,17,18,19). The molecule has 0 aliphatic heterocycles. The quantitative estimate of drug-likeness (QED) is 0.834. The van der Waals surface area contributed by atoms with Gasteiger partial charge in [0.2, 0.25) is 0 Å². The minimum Gasteiger partial charge on any atom is -0.398 e. The Morgan fingerprint density at radius 3 is 2.90 bits per heavy atom. The molecule has 0 unspecified atom stereocenters. The molecule has 4 nitrogen and oxygen atoms in total. The number of aryl methyl sites for hydroxylation is 3. The molecule has 1 aromatic heterocycles. The summed E-state index contributed by atoms with van der Waals surface area (Å²) in [6, 6.07) is 5.35. The number of rotatable bonds is 2. The van der Waals surface area contributed by atoms with Crippen LogP contribution >= 0.6 is 11.3 Å². The zero-order valence-electron chi connectivity index (χ0n) is 11.4. The van der Waals surface area contributed by atoms with Crippen LogP contribution in [0.25, 0.3) is 0 Å². The average Bonchev–Trinajstić information content (AvgIpc) is 2.83. The van der Waals surface area contributed by atoms with Gasteiger partial charge in [-0.25, -0.2) is 4.98 Å². The molecule has 2 aromatic rings. The number of aromatic nitrogens is 1. The van der Waals surface area contributed by atoms with Crippen molar-refractivity contribution in [2.45, 2.75) is 32.6 Å². The van der Waals surface area contributed by atoms with Crippen molar-refractivity contribution < 1.29 is 4.79 Å². The number of carbonyl (C=O) groups is 1. The molecule has 0 saturated heterocycles. The molecule has 20 heavy (non-hydrogen) atoms. The van der Waals surface area contributed by atoms with Crippen LogP contribution in [0.2, 0.25) is 0 Å². The molecule has 3 N–H and O–H groups in total. The first-order valence-electron chi connectivity index (χ1n) is 6.79. The number of amides is 1. The molecule has 5 heteroatoms. The largest absolute Gasteiger partial charge is 0.398 e. The lowest BCUT2D eigenvalue weighted by molar-refractivity contribution is 0.102. The number of carbonyl (C=O) groups excluding carboxylic acids is 1. The lowest BCUT2D eigenvalue weighted by Crippen LogP contribution is -2.12. The zero-order valence-corrected chi connectivity index (χ0v) is 12.2. The highest BCUT2D eigenvalue weighted by Crippen LogP contribution is 2.29. The summed E-state index contributed by atoms with van der Waals surface area (Å²) in [5, 5.41) is 3.57. The van der Waals surface area contributed by atoms with Crippen LogP contribution in [0.15, 0.2) is 18.2 Å². The van der Waals surface area contributed by atoms with E-state index in [4.69, 9.17) is 5.73 Å². The Labute approximate surface area is 122 Å². The maximum atomic E-state index is 12.2. The molecule has 3 rings (SSSR count). The molecule has 1 aromatic carbocycles. The number of nitrogens with two attached hydrogens (primary N) is 1. The average molecular weight is 287 g/mol. The van der Waals surface area contributed by atoms with Gasteiger partial charge < -0.3 is 5.73 Å². The zero-order chi connectivity index (χ0) is 14.1. The molecular formula is C15H17N3OS. The summed E-state index contributed by atoms with van der Waals surface area (Å²) in [5.74, 6) is -0.150. The van der Waals surface area contributed by atoms with Crippen LogP contribution in [-0.4, -0.2) is 10.9 Å². The summed E-state index contributed by atoms with van der Waals surface area (Å²) >= 11 is 1.59. The van der Waals surface area contributed by atoms with Gasteiger partial charge in [-0.1, -0.05) is 6.07 Å². The number of benzene rings is 1. The highest BCUT2D eigenvalue weighted by Gasteiger charge is 2.17. The van der Waals surface area contributed by atoms with Crippen LogP contribution in [0.5, 0.6) is 0 Å². The molecule has 0 bridgehead atoms. The highest BCUT2D eigenvalue weighted by molar-refractivity contribution is 7.15. The van der Waals surface area contributed by atoms with E-state index in [9.17, 15) is 4.79 Å². The van der Waals surface area contributed by atoms with E-state index in [1.54, 1.807) is 23.5 Å². The molecule has 0 radical (unpaired) electrons. The first-order chi connectivity index (χ1) is 9.63. The smallest absolute Gasteiger partial charge is 0.257 e. The van der Waals surface area contributed by atoms with Gasteiger partial charge in [0, 0.05) is 16.1 Å². The monoisotopic (exact) mass is 287 g/mol. The van der Waals surface area contributed by atoms with E-state index in [1.807, 2.05) is 13.0 Å². The summed E-state index contributed by atoms with van der Waals surface area (Å²) < 4.78 is 0. The number of nitrogens with one attached hydrogen (secondary N) is 1.